The topological polar surface area (TPSA) is 42.7 Å². The lowest BCUT2D eigenvalue weighted by molar-refractivity contribution is 0.403. The Morgan fingerprint density at radius 2 is 2.13 bits per heavy atom. The molecule has 0 saturated heterocycles. The van der Waals surface area contributed by atoms with E-state index < -0.39 is 0 Å². The van der Waals surface area contributed by atoms with Crippen molar-refractivity contribution in [1.29, 1.82) is 0 Å². The molecule has 0 spiro atoms. The Kier molecular flexibility index (Phi) is 3.36. The summed E-state index contributed by atoms with van der Waals surface area (Å²) < 4.78 is 2.02. The van der Waals surface area contributed by atoms with Gasteiger partial charge in [0.1, 0.15) is 12.7 Å². The van der Waals surface area contributed by atoms with Crippen LogP contribution in [0.5, 0.6) is 0 Å². The first kappa shape index (κ1) is 10.6. The molecule has 1 saturated carbocycles. The smallest absolute Gasteiger partial charge is 0.119 e. The minimum Gasteiger partial charge on any atom is -0.319 e. The molecule has 0 aliphatic heterocycles. The van der Waals surface area contributed by atoms with Crippen molar-refractivity contribution in [2.24, 2.45) is 5.92 Å². The third-order valence-corrected chi connectivity index (χ3v) is 3.17. The van der Waals surface area contributed by atoms with E-state index in [0.29, 0.717) is 12.1 Å². The third-order valence-electron chi connectivity index (χ3n) is 3.17. The van der Waals surface area contributed by atoms with E-state index in [2.05, 4.69) is 29.4 Å². The molecule has 1 N–H and O–H groups in total. The lowest BCUT2D eigenvalue weighted by Crippen LogP contribution is -2.37. The molecule has 1 aliphatic rings. The summed E-state index contributed by atoms with van der Waals surface area (Å²) in [4.78, 5) is 0. The van der Waals surface area contributed by atoms with E-state index in [1.165, 1.54) is 19.3 Å². The normalized spacial score (nSPS) is 28.1. The van der Waals surface area contributed by atoms with Crippen LogP contribution in [-0.2, 0) is 6.54 Å². The Morgan fingerprint density at radius 3 is 2.73 bits per heavy atom. The summed E-state index contributed by atoms with van der Waals surface area (Å²) in [5, 5.41) is 11.3. The maximum Gasteiger partial charge on any atom is 0.119 e. The van der Waals surface area contributed by atoms with Gasteiger partial charge < -0.3 is 9.88 Å². The molecule has 84 valence electrons. The van der Waals surface area contributed by atoms with Gasteiger partial charge in [0.25, 0.3) is 0 Å². The van der Waals surface area contributed by atoms with Gasteiger partial charge in [-0.1, -0.05) is 6.92 Å². The van der Waals surface area contributed by atoms with Gasteiger partial charge in [0.2, 0.25) is 0 Å². The summed E-state index contributed by atoms with van der Waals surface area (Å²) in [5.74, 6) is 0.893. The van der Waals surface area contributed by atoms with Gasteiger partial charge in [0.15, 0.2) is 0 Å². The molecule has 3 unspecified atom stereocenters. The first-order chi connectivity index (χ1) is 7.24. The number of rotatable bonds is 4. The van der Waals surface area contributed by atoms with Crippen molar-refractivity contribution in [1.82, 2.24) is 20.1 Å². The van der Waals surface area contributed by atoms with Crippen molar-refractivity contribution in [3.05, 3.63) is 12.7 Å². The van der Waals surface area contributed by atoms with Crippen molar-refractivity contribution >= 4 is 0 Å². The maximum atomic E-state index is 3.80. The molecule has 1 aliphatic carbocycles. The lowest BCUT2D eigenvalue weighted by Gasteiger charge is -2.19. The molecular formula is C11H20N4. The quantitative estimate of drug-likeness (QED) is 0.814. The number of hydrogen-bond donors (Lipinski definition) is 1. The Balaban J connectivity index is 1.75. The zero-order valence-corrected chi connectivity index (χ0v) is 9.56. The summed E-state index contributed by atoms with van der Waals surface area (Å²) in [7, 11) is 0. The van der Waals surface area contributed by atoms with E-state index in [1.54, 1.807) is 12.7 Å². The standard InChI is InChI=1S/C11H20N4/c1-9-3-4-11(5-9)14-10(2)6-15-7-12-13-8-15/h7-11,14H,3-6H2,1-2H3. The van der Waals surface area contributed by atoms with Gasteiger partial charge in [-0.25, -0.2) is 0 Å². The van der Waals surface area contributed by atoms with E-state index in [4.69, 9.17) is 0 Å². The fourth-order valence-corrected chi connectivity index (χ4v) is 2.45. The average Bonchev–Trinajstić information content (AvgIpc) is 2.77. The number of hydrogen-bond acceptors (Lipinski definition) is 3. The van der Waals surface area contributed by atoms with Crippen LogP contribution in [0.4, 0.5) is 0 Å². The van der Waals surface area contributed by atoms with Gasteiger partial charge in [-0.3, -0.25) is 0 Å². The van der Waals surface area contributed by atoms with Crippen LogP contribution in [0.1, 0.15) is 33.1 Å². The second kappa shape index (κ2) is 4.75. The number of nitrogens with zero attached hydrogens (tertiary/aromatic N) is 3. The van der Waals surface area contributed by atoms with E-state index in [1.807, 2.05) is 4.57 Å². The maximum absolute atomic E-state index is 3.80. The molecular weight excluding hydrogens is 188 g/mol. The fraction of sp³-hybridized carbons (Fsp3) is 0.818. The van der Waals surface area contributed by atoms with Gasteiger partial charge in [-0.2, -0.15) is 0 Å². The second-order valence-corrected chi connectivity index (χ2v) is 4.84. The minimum atomic E-state index is 0.497. The van der Waals surface area contributed by atoms with Crippen molar-refractivity contribution < 1.29 is 0 Å². The first-order valence-electron chi connectivity index (χ1n) is 5.82. The largest absolute Gasteiger partial charge is 0.319 e. The number of nitrogens with one attached hydrogen (secondary N) is 1. The minimum absolute atomic E-state index is 0.497. The Bertz CT molecular complexity index is 283. The van der Waals surface area contributed by atoms with Crippen molar-refractivity contribution in [3.8, 4) is 0 Å². The van der Waals surface area contributed by atoms with Crippen LogP contribution < -0.4 is 5.32 Å². The summed E-state index contributed by atoms with van der Waals surface area (Å²) in [6.07, 6.45) is 7.57. The van der Waals surface area contributed by atoms with Crippen LogP contribution in [-0.4, -0.2) is 26.8 Å². The number of aromatic nitrogens is 3. The second-order valence-electron chi connectivity index (χ2n) is 4.84. The van der Waals surface area contributed by atoms with Crippen molar-refractivity contribution in [3.63, 3.8) is 0 Å². The fourth-order valence-electron chi connectivity index (χ4n) is 2.45. The van der Waals surface area contributed by atoms with Crippen molar-refractivity contribution in [2.45, 2.75) is 51.7 Å². The highest BCUT2D eigenvalue weighted by atomic mass is 15.2. The van der Waals surface area contributed by atoms with Gasteiger partial charge in [-0.05, 0) is 32.1 Å². The van der Waals surface area contributed by atoms with Crippen LogP contribution in [0, 0.1) is 5.92 Å². The highest BCUT2D eigenvalue weighted by molar-refractivity contribution is 4.80. The molecule has 1 heterocycles. The van der Waals surface area contributed by atoms with E-state index >= 15 is 0 Å². The van der Waals surface area contributed by atoms with Crippen molar-refractivity contribution in [2.75, 3.05) is 0 Å². The zero-order valence-electron chi connectivity index (χ0n) is 9.56. The molecule has 0 radical (unpaired) electrons. The van der Waals surface area contributed by atoms with Crippen LogP contribution in [0.25, 0.3) is 0 Å². The van der Waals surface area contributed by atoms with Crippen LogP contribution >= 0.6 is 0 Å². The Morgan fingerprint density at radius 1 is 1.40 bits per heavy atom. The van der Waals surface area contributed by atoms with E-state index in [9.17, 15) is 0 Å². The highest BCUT2D eigenvalue weighted by Gasteiger charge is 2.22. The summed E-state index contributed by atoms with van der Waals surface area (Å²) in [5.41, 5.74) is 0. The molecule has 0 aromatic carbocycles. The molecule has 2 rings (SSSR count). The van der Waals surface area contributed by atoms with Gasteiger partial charge in [0, 0.05) is 18.6 Å². The van der Waals surface area contributed by atoms with Crippen LogP contribution in [0.2, 0.25) is 0 Å². The first-order valence-corrected chi connectivity index (χ1v) is 5.82. The average molecular weight is 208 g/mol. The molecule has 15 heavy (non-hydrogen) atoms. The molecule has 3 atom stereocenters. The predicted molar refractivity (Wildman–Crippen MR) is 59.4 cm³/mol. The van der Waals surface area contributed by atoms with Crippen LogP contribution in [0.3, 0.4) is 0 Å². The molecule has 1 fully saturated rings. The third kappa shape index (κ3) is 3.02. The van der Waals surface area contributed by atoms with Gasteiger partial charge in [0.05, 0.1) is 0 Å². The van der Waals surface area contributed by atoms with E-state index in [-0.39, 0.29) is 0 Å². The molecule has 1 aromatic rings. The van der Waals surface area contributed by atoms with Gasteiger partial charge >= 0.3 is 0 Å². The molecule has 0 amide bonds. The van der Waals surface area contributed by atoms with Gasteiger partial charge in [-0.15, -0.1) is 10.2 Å². The summed E-state index contributed by atoms with van der Waals surface area (Å²) in [6, 6.07) is 1.21. The predicted octanol–water partition coefficient (Wildman–Crippen LogP) is 1.44. The molecule has 0 bridgehead atoms. The zero-order chi connectivity index (χ0) is 10.7. The lowest BCUT2D eigenvalue weighted by atomic mass is 10.1. The monoisotopic (exact) mass is 208 g/mol. The summed E-state index contributed by atoms with van der Waals surface area (Å²) in [6.45, 7) is 5.52. The Hall–Kier alpha value is -0.900. The highest BCUT2D eigenvalue weighted by Crippen LogP contribution is 2.24. The van der Waals surface area contributed by atoms with Crippen LogP contribution in [0.15, 0.2) is 12.7 Å². The molecule has 4 nitrogen and oxygen atoms in total. The summed E-state index contributed by atoms with van der Waals surface area (Å²) >= 11 is 0. The van der Waals surface area contributed by atoms with E-state index in [0.717, 1.165) is 12.5 Å². The Labute approximate surface area is 91.1 Å². The molecule has 4 heteroatoms. The SMILES string of the molecule is CC1CCC(NC(C)Cn2cnnc2)C1. The molecule has 1 aromatic heterocycles.